The highest BCUT2D eigenvalue weighted by molar-refractivity contribution is 5.81. The number of rotatable bonds is 3. The lowest BCUT2D eigenvalue weighted by molar-refractivity contribution is 0.475. The molecule has 0 aliphatic heterocycles. The Morgan fingerprint density at radius 1 is 0.880 bits per heavy atom. The quantitative estimate of drug-likeness (QED) is 0.573. The van der Waals surface area contributed by atoms with Crippen molar-refractivity contribution in [3.63, 3.8) is 0 Å². The van der Waals surface area contributed by atoms with E-state index in [-0.39, 0.29) is 23.7 Å². The molecule has 0 saturated carbocycles. The minimum atomic E-state index is -0.376. The van der Waals surface area contributed by atoms with Crippen LogP contribution in [0.3, 0.4) is 0 Å². The standard InChI is InChI=1S/C20H14FN3O/c21-16-5-1-13(2-6-16)18-19(14-9-11-22-12-10-14)24-20(23-18)15-3-7-17(25)8-4-15/h1-12,25H,(H,23,24)/i7T,8T. The van der Waals surface area contributed by atoms with E-state index in [4.69, 9.17) is 2.74 Å². The van der Waals surface area contributed by atoms with Crippen LogP contribution in [0.25, 0.3) is 33.9 Å². The van der Waals surface area contributed by atoms with Crippen molar-refractivity contribution in [1.82, 2.24) is 15.0 Å². The van der Waals surface area contributed by atoms with Gasteiger partial charge in [0.2, 0.25) is 0 Å². The zero-order valence-electron chi connectivity index (χ0n) is 15.0. The predicted octanol–water partition coefficient (Wildman–Crippen LogP) is 4.65. The van der Waals surface area contributed by atoms with Gasteiger partial charge in [-0.05, 0) is 60.6 Å². The average molecular weight is 335 g/mol. The minimum Gasteiger partial charge on any atom is -0.508 e. The van der Waals surface area contributed by atoms with Gasteiger partial charge in [0.25, 0.3) is 0 Å². The van der Waals surface area contributed by atoms with Crippen LogP contribution in [0.5, 0.6) is 5.75 Å². The number of hydrogen-bond acceptors (Lipinski definition) is 3. The van der Waals surface area contributed by atoms with Crippen molar-refractivity contribution >= 4 is 0 Å². The van der Waals surface area contributed by atoms with Gasteiger partial charge in [-0.25, -0.2) is 9.37 Å². The van der Waals surface area contributed by atoms with Gasteiger partial charge in [0.05, 0.1) is 14.1 Å². The molecule has 0 atom stereocenters. The lowest BCUT2D eigenvalue weighted by Gasteiger charge is -2.02. The molecule has 2 aromatic carbocycles. The first-order chi connectivity index (χ1) is 13.0. The molecule has 0 unspecified atom stereocenters. The molecule has 2 aromatic heterocycles. The Balaban J connectivity index is 1.91. The van der Waals surface area contributed by atoms with Crippen LogP contribution in [-0.4, -0.2) is 20.1 Å². The number of aromatic hydroxyl groups is 1. The summed E-state index contributed by atoms with van der Waals surface area (Å²) in [5, 5.41) is 9.67. The third-order valence-electron chi connectivity index (χ3n) is 3.79. The highest BCUT2D eigenvalue weighted by atomic mass is 19.1. The van der Waals surface area contributed by atoms with Crippen molar-refractivity contribution < 1.29 is 12.2 Å². The number of nitrogens with zero attached hydrogens (tertiary/aromatic N) is 2. The van der Waals surface area contributed by atoms with Crippen molar-refractivity contribution in [3.8, 4) is 39.7 Å². The second-order valence-electron chi connectivity index (χ2n) is 5.43. The molecule has 4 nitrogen and oxygen atoms in total. The van der Waals surface area contributed by atoms with Crippen LogP contribution >= 0.6 is 0 Å². The first kappa shape index (κ1) is 12.9. The van der Waals surface area contributed by atoms with Crippen LogP contribution in [0.2, 0.25) is 0 Å². The van der Waals surface area contributed by atoms with Gasteiger partial charge >= 0.3 is 0 Å². The van der Waals surface area contributed by atoms with Crippen molar-refractivity contribution in [2.45, 2.75) is 0 Å². The van der Waals surface area contributed by atoms with Gasteiger partial charge < -0.3 is 10.1 Å². The number of pyridine rings is 1. The van der Waals surface area contributed by atoms with Crippen molar-refractivity contribution in [2.75, 3.05) is 0 Å². The number of phenols is 1. The van der Waals surface area contributed by atoms with E-state index in [0.717, 1.165) is 11.1 Å². The van der Waals surface area contributed by atoms with E-state index in [9.17, 15) is 9.50 Å². The molecule has 2 N–H and O–H groups in total. The minimum absolute atomic E-state index is 0.150. The number of H-pyrrole nitrogens is 1. The highest BCUT2D eigenvalue weighted by Gasteiger charge is 2.15. The van der Waals surface area contributed by atoms with E-state index in [2.05, 4.69) is 15.0 Å². The molecule has 122 valence electrons. The molecular formula is C20H14FN3O. The Hall–Kier alpha value is -3.47. The summed E-state index contributed by atoms with van der Waals surface area (Å²) in [7, 11) is 0. The Morgan fingerprint density at radius 2 is 1.56 bits per heavy atom. The Bertz CT molecular complexity index is 1090. The average Bonchev–Trinajstić information content (AvgIpc) is 3.12. The third-order valence-corrected chi connectivity index (χ3v) is 3.79. The zero-order valence-corrected chi connectivity index (χ0v) is 13.0. The summed E-state index contributed by atoms with van der Waals surface area (Å²) in [5.74, 6) is -0.266. The molecule has 5 heteroatoms. The third kappa shape index (κ3) is 2.99. The number of benzene rings is 2. The smallest absolute Gasteiger partial charge is 0.138 e. The van der Waals surface area contributed by atoms with Crippen molar-refractivity contribution in [2.24, 2.45) is 0 Å². The monoisotopic (exact) mass is 335 g/mol. The summed E-state index contributed by atoms with van der Waals surface area (Å²) in [6.07, 6.45) is 3.32. The first-order valence-corrected chi connectivity index (χ1v) is 7.60. The van der Waals surface area contributed by atoms with E-state index in [1.807, 2.05) is 12.1 Å². The molecule has 0 fully saturated rings. The fourth-order valence-electron chi connectivity index (χ4n) is 2.57. The fourth-order valence-corrected chi connectivity index (χ4v) is 2.57. The zero-order chi connectivity index (χ0) is 19.0. The largest absolute Gasteiger partial charge is 0.508 e. The van der Waals surface area contributed by atoms with E-state index in [1.54, 1.807) is 24.5 Å². The van der Waals surface area contributed by atoms with Crippen LogP contribution in [0, 0.1) is 5.82 Å². The van der Waals surface area contributed by atoms with Crippen molar-refractivity contribution in [3.05, 3.63) is 78.8 Å². The number of halogens is 1. The van der Waals surface area contributed by atoms with Gasteiger partial charge in [0.15, 0.2) is 0 Å². The van der Waals surface area contributed by atoms with Crippen molar-refractivity contribution in [1.29, 1.82) is 0 Å². The first-order valence-electron chi connectivity index (χ1n) is 8.60. The topological polar surface area (TPSA) is 61.8 Å². The van der Waals surface area contributed by atoms with E-state index >= 15 is 0 Å². The van der Waals surface area contributed by atoms with Gasteiger partial charge in [0, 0.05) is 29.1 Å². The molecule has 0 bridgehead atoms. The molecule has 0 aliphatic carbocycles. The fraction of sp³-hybridized carbons (Fsp3) is 0. The molecule has 0 amide bonds. The molecule has 2 heterocycles. The summed E-state index contributed by atoms with van der Waals surface area (Å²) in [6, 6.07) is 12.2. The molecule has 0 aliphatic rings. The van der Waals surface area contributed by atoms with Crippen LogP contribution in [0.1, 0.15) is 2.74 Å². The maximum atomic E-state index is 13.3. The molecule has 4 aromatic rings. The van der Waals surface area contributed by atoms with E-state index in [0.29, 0.717) is 22.8 Å². The second kappa shape index (κ2) is 6.20. The highest BCUT2D eigenvalue weighted by Crippen LogP contribution is 2.33. The SMILES string of the molecule is [3H]c1cc(-c2nc(-c3ccc(F)cc3)c(-c3ccncc3)[nH]2)cc([3H])c1O. The van der Waals surface area contributed by atoms with Crippen LogP contribution < -0.4 is 0 Å². The molecule has 0 radical (unpaired) electrons. The number of aromatic nitrogens is 3. The molecule has 25 heavy (non-hydrogen) atoms. The van der Waals surface area contributed by atoms with Gasteiger partial charge in [-0.2, -0.15) is 0 Å². The number of imidazole rings is 1. The van der Waals surface area contributed by atoms with Gasteiger partial charge in [0.1, 0.15) is 17.4 Å². The van der Waals surface area contributed by atoms with Gasteiger partial charge in [-0.1, -0.05) is 0 Å². The maximum absolute atomic E-state index is 13.3. The summed E-state index contributed by atoms with van der Waals surface area (Å²) in [6.45, 7) is 0. The van der Waals surface area contributed by atoms with Crippen LogP contribution in [0.4, 0.5) is 4.39 Å². The summed E-state index contributed by atoms with van der Waals surface area (Å²) < 4.78 is 28.9. The molecule has 0 spiro atoms. The summed E-state index contributed by atoms with van der Waals surface area (Å²) in [4.78, 5) is 11.9. The molecule has 0 saturated heterocycles. The Morgan fingerprint density at radius 3 is 2.24 bits per heavy atom. The lowest BCUT2D eigenvalue weighted by Crippen LogP contribution is -1.84. The lowest BCUT2D eigenvalue weighted by atomic mass is 10.1. The molecular weight excluding hydrogens is 317 g/mol. The second-order valence-corrected chi connectivity index (χ2v) is 5.43. The number of aromatic amines is 1. The van der Waals surface area contributed by atoms with Crippen LogP contribution in [-0.2, 0) is 0 Å². The number of hydrogen-bond donors (Lipinski definition) is 2. The number of nitrogens with one attached hydrogen (secondary N) is 1. The number of phenolic OH excluding ortho intramolecular Hbond substituents is 1. The van der Waals surface area contributed by atoms with Crippen LogP contribution in [0.15, 0.2) is 73.0 Å². The normalized spacial score (nSPS) is 11.9. The predicted molar refractivity (Wildman–Crippen MR) is 94.3 cm³/mol. The summed E-state index contributed by atoms with van der Waals surface area (Å²) in [5.41, 5.74) is 3.40. The molecule has 4 rings (SSSR count). The Kier molecular flexibility index (Phi) is 3.20. The maximum Gasteiger partial charge on any atom is 0.138 e. The summed E-state index contributed by atoms with van der Waals surface area (Å²) >= 11 is 0. The van der Waals surface area contributed by atoms with E-state index in [1.165, 1.54) is 24.3 Å². The van der Waals surface area contributed by atoms with E-state index < -0.39 is 0 Å². The Labute approximate surface area is 146 Å². The van der Waals surface area contributed by atoms with Gasteiger partial charge in [-0.3, -0.25) is 4.98 Å². The van der Waals surface area contributed by atoms with Gasteiger partial charge in [-0.15, -0.1) is 0 Å².